The van der Waals surface area contributed by atoms with E-state index in [1.54, 1.807) is 0 Å². The standard InChI is InChI=1S/C8H15N3O/c9-7-3-1-5-11(7)6-2-4-8(10)12/h9H,1-6H2,(H2,10,12). The number of amidine groups is 1. The van der Waals surface area contributed by atoms with Crippen molar-refractivity contribution in [2.75, 3.05) is 13.1 Å². The van der Waals surface area contributed by atoms with E-state index >= 15 is 0 Å². The Balaban J connectivity index is 2.14. The van der Waals surface area contributed by atoms with Gasteiger partial charge in [-0.1, -0.05) is 0 Å². The van der Waals surface area contributed by atoms with Crippen LogP contribution in [0.2, 0.25) is 0 Å². The molecular formula is C8H15N3O. The van der Waals surface area contributed by atoms with Crippen LogP contribution in [0.4, 0.5) is 0 Å². The number of nitrogens with two attached hydrogens (primary N) is 1. The number of likely N-dealkylation sites (tertiary alicyclic amines) is 1. The van der Waals surface area contributed by atoms with E-state index in [1.165, 1.54) is 0 Å². The lowest BCUT2D eigenvalue weighted by atomic mass is 10.3. The van der Waals surface area contributed by atoms with E-state index in [9.17, 15) is 4.79 Å². The number of amides is 1. The lowest BCUT2D eigenvalue weighted by molar-refractivity contribution is -0.118. The van der Waals surface area contributed by atoms with E-state index in [0.717, 1.165) is 32.4 Å². The van der Waals surface area contributed by atoms with Crippen molar-refractivity contribution in [1.29, 1.82) is 5.41 Å². The zero-order chi connectivity index (χ0) is 8.97. The normalized spacial score (nSPS) is 17.0. The molecule has 4 heteroatoms. The van der Waals surface area contributed by atoms with Gasteiger partial charge in [0.2, 0.25) is 5.91 Å². The second-order valence-corrected chi connectivity index (χ2v) is 3.11. The summed E-state index contributed by atoms with van der Waals surface area (Å²) in [6.45, 7) is 1.78. The first-order chi connectivity index (χ1) is 5.70. The third-order valence-corrected chi connectivity index (χ3v) is 2.07. The lowest BCUT2D eigenvalue weighted by Crippen LogP contribution is -2.26. The van der Waals surface area contributed by atoms with Crippen molar-refractivity contribution in [2.24, 2.45) is 5.73 Å². The van der Waals surface area contributed by atoms with Gasteiger partial charge >= 0.3 is 0 Å². The van der Waals surface area contributed by atoms with Crippen LogP contribution in [-0.4, -0.2) is 29.7 Å². The maximum Gasteiger partial charge on any atom is 0.217 e. The first kappa shape index (κ1) is 9.03. The average molecular weight is 169 g/mol. The van der Waals surface area contributed by atoms with Gasteiger partial charge in [-0.2, -0.15) is 0 Å². The van der Waals surface area contributed by atoms with Crippen LogP contribution in [0.25, 0.3) is 0 Å². The zero-order valence-electron chi connectivity index (χ0n) is 7.18. The van der Waals surface area contributed by atoms with Gasteiger partial charge in [0.25, 0.3) is 0 Å². The summed E-state index contributed by atoms with van der Waals surface area (Å²) in [7, 11) is 0. The van der Waals surface area contributed by atoms with Gasteiger partial charge < -0.3 is 10.6 Å². The largest absolute Gasteiger partial charge is 0.370 e. The van der Waals surface area contributed by atoms with Gasteiger partial charge in [-0.15, -0.1) is 0 Å². The van der Waals surface area contributed by atoms with Crippen molar-refractivity contribution >= 4 is 11.7 Å². The Morgan fingerprint density at radius 2 is 2.42 bits per heavy atom. The van der Waals surface area contributed by atoms with Crippen LogP contribution < -0.4 is 5.73 Å². The van der Waals surface area contributed by atoms with Crippen molar-refractivity contribution < 1.29 is 4.79 Å². The second-order valence-electron chi connectivity index (χ2n) is 3.11. The van der Waals surface area contributed by atoms with E-state index in [-0.39, 0.29) is 5.91 Å². The van der Waals surface area contributed by atoms with Crippen LogP contribution in [0.15, 0.2) is 0 Å². The minimum Gasteiger partial charge on any atom is -0.370 e. The van der Waals surface area contributed by atoms with Gasteiger partial charge in [0.1, 0.15) is 0 Å². The van der Waals surface area contributed by atoms with E-state index in [4.69, 9.17) is 11.1 Å². The van der Waals surface area contributed by atoms with Crippen LogP contribution in [0.3, 0.4) is 0 Å². The number of carbonyl (C=O) groups excluding carboxylic acids is 1. The predicted molar refractivity (Wildman–Crippen MR) is 47.0 cm³/mol. The fraction of sp³-hybridized carbons (Fsp3) is 0.750. The first-order valence-electron chi connectivity index (χ1n) is 4.31. The summed E-state index contributed by atoms with van der Waals surface area (Å²) in [6.07, 6.45) is 3.17. The number of primary amides is 1. The first-order valence-corrected chi connectivity index (χ1v) is 4.31. The van der Waals surface area contributed by atoms with E-state index < -0.39 is 0 Å². The molecule has 0 aliphatic carbocycles. The van der Waals surface area contributed by atoms with Crippen LogP contribution in [0, 0.1) is 5.41 Å². The van der Waals surface area contributed by atoms with Crippen molar-refractivity contribution in [3.05, 3.63) is 0 Å². The van der Waals surface area contributed by atoms with Gasteiger partial charge in [-0.25, -0.2) is 0 Å². The summed E-state index contributed by atoms with van der Waals surface area (Å²) in [6, 6.07) is 0. The molecule has 3 N–H and O–H groups in total. The fourth-order valence-electron chi connectivity index (χ4n) is 1.42. The van der Waals surface area contributed by atoms with Crippen molar-refractivity contribution in [3.8, 4) is 0 Å². The van der Waals surface area contributed by atoms with Crippen LogP contribution >= 0.6 is 0 Å². The molecule has 1 rings (SSSR count). The second kappa shape index (κ2) is 4.09. The molecule has 1 fully saturated rings. The third-order valence-electron chi connectivity index (χ3n) is 2.07. The Morgan fingerprint density at radius 3 is 2.92 bits per heavy atom. The van der Waals surface area contributed by atoms with Gasteiger partial charge in [0.05, 0.1) is 5.84 Å². The topological polar surface area (TPSA) is 70.2 Å². The molecule has 0 aromatic heterocycles. The molecule has 12 heavy (non-hydrogen) atoms. The molecule has 0 spiro atoms. The zero-order valence-corrected chi connectivity index (χ0v) is 7.18. The molecule has 0 radical (unpaired) electrons. The number of rotatable bonds is 4. The predicted octanol–water partition coefficient (Wildman–Crippen LogP) is 0.325. The summed E-state index contributed by atoms with van der Waals surface area (Å²) >= 11 is 0. The molecule has 0 aromatic rings. The Bertz CT molecular complexity index is 191. The van der Waals surface area contributed by atoms with Crippen molar-refractivity contribution in [1.82, 2.24) is 4.90 Å². The van der Waals surface area contributed by atoms with Crippen LogP contribution in [0.1, 0.15) is 25.7 Å². The summed E-state index contributed by atoms with van der Waals surface area (Å²) in [5.74, 6) is 0.459. The Morgan fingerprint density at radius 1 is 1.67 bits per heavy atom. The minimum atomic E-state index is -0.249. The molecule has 1 heterocycles. The molecule has 1 aliphatic rings. The highest BCUT2D eigenvalue weighted by Gasteiger charge is 2.15. The maximum absolute atomic E-state index is 10.4. The van der Waals surface area contributed by atoms with Crippen molar-refractivity contribution in [3.63, 3.8) is 0 Å². The highest BCUT2D eigenvalue weighted by Crippen LogP contribution is 2.10. The molecular weight excluding hydrogens is 154 g/mol. The molecule has 0 atom stereocenters. The SMILES string of the molecule is N=C1CCCN1CCCC(N)=O. The number of nitrogens with zero attached hydrogens (tertiary/aromatic N) is 1. The quantitative estimate of drug-likeness (QED) is 0.636. The van der Waals surface area contributed by atoms with E-state index in [2.05, 4.69) is 0 Å². The van der Waals surface area contributed by atoms with Crippen LogP contribution in [-0.2, 0) is 4.79 Å². The highest BCUT2D eigenvalue weighted by atomic mass is 16.1. The molecule has 4 nitrogen and oxygen atoms in total. The molecule has 0 unspecified atom stereocenters. The minimum absolute atomic E-state index is 0.249. The molecule has 1 aliphatic heterocycles. The molecule has 0 aromatic carbocycles. The highest BCUT2D eigenvalue weighted by molar-refractivity contribution is 5.81. The molecule has 1 amide bonds. The third kappa shape index (κ3) is 2.53. The summed E-state index contributed by atoms with van der Waals surface area (Å²) in [4.78, 5) is 12.4. The Kier molecular flexibility index (Phi) is 3.08. The van der Waals surface area contributed by atoms with Gasteiger partial charge in [-0.05, 0) is 12.8 Å². The molecule has 1 saturated heterocycles. The van der Waals surface area contributed by atoms with Crippen LogP contribution in [0.5, 0.6) is 0 Å². The summed E-state index contributed by atoms with van der Waals surface area (Å²) < 4.78 is 0. The Hall–Kier alpha value is -1.06. The summed E-state index contributed by atoms with van der Waals surface area (Å²) in [5.41, 5.74) is 5.00. The fourth-order valence-corrected chi connectivity index (χ4v) is 1.42. The number of nitrogens with one attached hydrogen (secondary N) is 1. The smallest absolute Gasteiger partial charge is 0.217 e. The monoisotopic (exact) mass is 169 g/mol. The van der Waals surface area contributed by atoms with E-state index in [1.807, 2.05) is 4.90 Å². The number of carbonyl (C=O) groups is 1. The maximum atomic E-state index is 10.4. The molecule has 0 bridgehead atoms. The number of hydrogen-bond acceptors (Lipinski definition) is 2. The average Bonchev–Trinajstić information content (AvgIpc) is 2.36. The molecule has 0 saturated carbocycles. The molecule has 68 valence electrons. The van der Waals surface area contributed by atoms with Gasteiger partial charge in [-0.3, -0.25) is 10.2 Å². The Labute approximate surface area is 72.2 Å². The summed E-state index contributed by atoms with van der Waals surface area (Å²) in [5, 5.41) is 7.50. The van der Waals surface area contributed by atoms with E-state index in [0.29, 0.717) is 12.3 Å². The lowest BCUT2D eigenvalue weighted by Gasteiger charge is -2.16. The van der Waals surface area contributed by atoms with Gasteiger partial charge in [0, 0.05) is 25.9 Å². The van der Waals surface area contributed by atoms with Gasteiger partial charge in [0.15, 0.2) is 0 Å². The van der Waals surface area contributed by atoms with Crippen molar-refractivity contribution in [2.45, 2.75) is 25.7 Å². The number of hydrogen-bond donors (Lipinski definition) is 2.